The van der Waals surface area contributed by atoms with Crippen LogP contribution in [0.5, 0.6) is 0 Å². The molecule has 0 spiro atoms. The molecule has 1 saturated heterocycles. The van der Waals surface area contributed by atoms with Gasteiger partial charge in [-0.2, -0.15) is 0 Å². The first kappa shape index (κ1) is 11.5. The lowest BCUT2D eigenvalue weighted by molar-refractivity contribution is -0.120. The van der Waals surface area contributed by atoms with E-state index in [1.165, 1.54) is 6.42 Å². The van der Waals surface area contributed by atoms with E-state index in [1.54, 1.807) is 7.05 Å². The smallest absolute Gasteiger partial charge is 0.219 e. The average molecular weight is 199 g/mol. The second-order valence-electron chi connectivity index (χ2n) is 4.19. The van der Waals surface area contributed by atoms with E-state index >= 15 is 0 Å². The Morgan fingerprint density at radius 3 is 2.93 bits per heavy atom. The van der Waals surface area contributed by atoms with Gasteiger partial charge in [-0.1, -0.05) is 0 Å². The van der Waals surface area contributed by atoms with Crippen LogP contribution in [-0.4, -0.2) is 38.1 Å². The van der Waals surface area contributed by atoms with Crippen LogP contribution in [0.15, 0.2) is 0 Å². The molecule has 1 amide bonds. The molecular weight excluding hydrogens is 178 g/mol. The number of nitrogens with one attached hydrogen (secondary N) is 3. The lowest BCUT2D eigenvalue weighted by Gasteiger charge is -2.24. The third-order valence-corrected chi connectivity index (χ3v) is 2.78. The van der Waals surface area contributed by atoms with Gasteiger partial charge in [0, 0.05) is 25.6 Å². The molecule has 0 aromatic carbocycles. The first-order chi connectivity index (χ1) is 6.66. The highest BCUT2D eigenvalue weighted by molar-refractivity contribution is 5.75. The van der Waals surface area contributed by atoms with Crippen molar-refractivity contribution in [2.45, 2.75) is 31.7 Å². The minimum absolute atomic E-state index is 0.126. The van der Waals surface area contributed by atoms with Gasteiger partial charge in [-0.15, -0.1) is 0 Å². The molecular formula is C10H21N3O. The number of hydrogen-bond donors (Lipinski definition) is 3. The third-order valence-electron chi connectivity index (χ3n) is 2.78. The standard InChI is InChI=1S/C10H21N3O/c1-10(5-7-12-8-10)13-6-3-4-9(14)11-2/h12-13H,3-8H2,1-2H3,(H,11,14). The van der Waals surface area contributed by atoms with Gasteiger partial charge in [0.05, 0.1) is 0 Å². The molecule has 4 heteroatoms. The van der Waals surface area contributed by atoms with Crippen molar-refractivity contribution in [2.24, 2.45) is 0 Å². The van der Waals surface area contributed by atoms with Gasteiger partial charge in [0.25, 0.3) is 0 Å². The molecule has 1 unspecified atom stereocenters. The maximum absolute atomic E-state index is 10.9. The normalized spacial score (nSPS) is 26.4. The molecule has 82 valence electrons. The number of carbonyl (C=O) groups excluding carboxylic acids is 1. The topological polar surface area (TPSA) is 53.2 Å². The highest BCUT2D eigenvalue weighted by atomic mass is 16.1. The molecule has 1 aliphatic heterocycles. The van der Waals surface area contributed by atoms with Gasteiger partial charge in [-0.25, -0.2) is 0 Å². The van der Waals surface area contributed by atoms with Gasteiger partial charge >= 0.3 is 0 Å². The molecule has 0 saturated carbocycles. The first-order valence-corrected chi connectivity index (χ1v) is 5.33. The monoisotopic (exact) mass is 199 g/mol. The second kappa shape index (κ2) is 5.32. The predicted molar refractivity (Wildman–Crippen MR) is 57.2 cm³/mol. The number of carbonyl (C=O) groups is 1. The molecule has 4 nitrogen and oxygen atoms in total. The van der Waals surface area contributed by atoms with Crippen LogP contribution < -0.4 is 16.0 Å². The largest absolute Gasteiger partial charge is 0.359 e. The molecule has 1 rings (SSSR count). The van der Waals surface area contributed by atoms with Gasteiger partial charge in [0.2, 0.25) is 5.91 Å². The Balaban J connectivity index is 2.06. The van der Waals surface area contributed by atoms with Crippen LogP contribution in [0.25, 0.3) is 0 Å². The van der Waals surface area contributed by atoms with Crippen LogP contribution in [0, 0.1) is 0 Å². The summed E-state index contributed by atoms with van der Waals surface area (Å²) in [5.74, 6) is 0.126. The maximum Gasteiger partial charge on any atom is 0.219 e. The van der Waals surface area contributed by atoms with Crippen LogP contribution >= 0.6 is 0 Å². The van der Waals surface area contributed by atoms with E-state index in [4.69, 9.17) is 0 Å². The molecule has 3 N–H and O–H groups in total. The molecule has 1 heterocycles. The first-order valence-electron chi connectivity index (χ1n) is 5.33. The van der Waals surface area contributed by atoms with Crippen molar-refractivity contribution in [1.82, 2.24) is 16.0 Å². The number of hydrogen-bond acceptors (Lipinski definition) is 3. The minimum Gasteiger partial charge on any atom is -0.359 e. The second-order valence-corrected chi connectivity index (χ2v) is 4.19. The van der Waals surface area contributed by atoms with E-state index in [-0.39, 0.29) is 11.4 Å². The lowest BCUT2D eigenvalue weighted by Crippen LogP contribution is -2.44. The van der Waals surface area contributed by atoms with E-state index in [2.05, 4.69) is 22.9 Å². The molecule has 14 heavy (non-hydrogen) atoms. The molecule has 1 aliphatic rings. The summed E-state index contributed by atoms with van der Waals surface area (Å²) >= 11 is 0. The van der Waals surface area contributed by atoms with Crippen LogP contribution in [0.3, 0.4) is 0 Å². The Morgan fingerprint density at radius 2 is 2.36 bits per heavy atom. The van der Waals surface area contributed by atoms with Crippen molar-refractivity contribution in [3.63, 3.8) is 0 Å². The molecule has 0 bridgehead atoms. The molecule has 0 aliphatic carbocycles. The molecule has 1 atom stereocenters. The molecule has 0 radical (unpaired) electrons. The number of amides is 1. The van der Waals surface area contributed by atoms with Crippen molar-refractivity contribution >= 4 is 5.91 Å². The summed E-state index contributed by atoms with van der Waals surface area (Å²) in [6.45, 7) is 5.28. The van der Waals surface area contributed by atoms with Crippen molar-refractivity contribution in [1.29, 1.82) is 0 Å². The Kier molecular flexibility index (Phi) is 4.35. The summed E-state index contributed by atoms with van der Waals surface area (Å²) in [5.41, 5.74) is 0.239. The zero-order valence-electron chi connectivity index (χ0n) is 9.15. The van der Waals surface area contributed by atoms with E-state index in [1.807, 2.05) is 0 Å². The van der Waals surface area contributed by atoms with Gasteiger partial charge in [0.1, 0.15) is 0 Å². The number of rotatable bonds is 5. The Morgan fingerprint density at radius 1 is 1.57 bits per heavy atom. The summed E-state index contributed by atoms with van der Waals surface area (Å²) in [7, 11) is 1.68. The zero-order chi connectivity index (χ0) is 10.4. The summed E-state index contributed by atoms with van der Waals surface area (Å²) in [4.78, 5) is 10.9. The summed E-state index contributed by atoms with van der Waals surface area (Å²) in [6, 6.07) is 0. The van der Waals surface area contributed by atoms with Gasteiger partial charge in [-0.05, 0) is 32.9 Å². The van der Waals surface area contributed by atoms with E-state index in [0.717, 1.165) is 26.1 Å². The Hall–Kier alpha value is -0.610. The molecule has 0 aromatic heterocycles. The average Bonchev–Trinajstić information content (AvgIpc) is 2.60. The van der Waals surface area contributed by atoms with Crippen LogP contribution in [0.4, 0.5) is 0 Å². The van der Waals surface area contributed by atoms with Crippen LogP contribution in [0.2, 0.25) is 0 Å². The van der Waals surface area contributed by atoms with Crippen molar-refractivity contribution in [3.05, 3.63) is 0 Å². The van der Waals surface area contributed by atoms with Crippen molar-refractivity contribution in [3.8, 4) is 0 Å². The predicted octanol–water partition coefficient (Wildman–Crippen LogP) is -0.146. The fraction of sp³-hybridized carbons (Fsp3) is 0.900. The highest BCUT2D eigenvalue weighted by Gasteiger charge is 2.26. The van der Waals surface area contributed by atoms with Crippen molar-refractivity contribution in [2.75, 3.05) is 26.7 Å². The van der Waals surface area contributed by atoms with Gasteiger partial charge in [0.15, 0.2) is 0 Å². The van der Waals surface area contributed by atoms with E-state index < -0.39 is 0 Å². The third kappa shape index (κ3) is 3.64. The summed E-state index contributed by atoms with van der Waals surface area (Å²) < 4.78 is 0. The summed E-state index contributed by atoms with van der Waals surface area (Å²) in [5, 5.41) is 9.45. The summed E-state index contributed by atoms with van der Waals surface area (Å²) in [6.07, 6.45) is 2.70. The molecule has 1 fully saturated rings. The SMILES string of the molecule is CNC(=O)CCCNC1(C)CCNC1. The van der Waals surface area contributed by atoms with Gasteiger partial charge in [-0.3, -0.25) is 4.79 Å². The van der Waals surface area contributed by atoms with Crippen LogP contribution in [-0.2, 0) is 4.79 Å². The van der Waals surface area contributed by atoms with E-state index in [9.17, 15) is 4.79 Å². The van der Waals surface area contributed by atoms with Crippen LogP contribution in [0.1, 0.15) is 26.2 Å². The fourth-order valence-electron chi connectivity index (χ4n) is 1.73. The Bertz CT molecular complexity index is 188. The maximum atomic E-state index is 10.9. The van der Waals surface area contributed by atoms with E-state index in [0.29, 0.717) is 6.42 Å². The lowest BCUT2D eigenvalue weighted by atomic mass is 10.0. The van der Waals surface area contributed by atoms with Crippen molar-refractivity contribution < 1.29 is 4.79 Å². The highest BCUT2D eigenvalue weighted by Crippen LogP contribution is 2.12. The quantitative estimate of drug-likeness (QED) is 0.540. The van der Waals surface area contributed by atoms with Gasteiger partial charge < -0.3 is 16.0 Å². The Labute approximate surface area is 85.8 Å². The fourth-order valence-corrected chi connectivity index (χ4v) is 1.73. The zero-order valence-corrected chi connectivity index (χ0v) is 9.15. The molecule has 0 aromatic rings. The minimum atomic E-state index is 0.126.